The molecule has 0 amide bonds. The summed E-state index contributed by atoms with van der Waals surface area (Å²) in [5, 5.41) is 3.44. The predicted molar refractivity (Wildman–Crippen MR) is 117 cm³/mol. The van der Waals surface area contributed by atoms with Crippen LogP contribution in [0.5, 0.6) is 5.75 Å². The lowest BCUT2D eigenvalue weighted by atomic mass is 9.87. The molecule has 1 N–H and O–H groups in total. The standard InChI is InChI=1S/C20H31N3O2.HI/c1-4-21-19(23-10-8-20(14-23)9-11-24-15-20)22-13-17(3)25-18-7-5-6-16(2)12-18;/h5-7,12,17H,4,8-11,13-15H2,1-3H3,(H,21,22);1H. The van der Waals surface area contributed by atoms with Crippen LogP contribution in [-0.4, -0.2) is 56.4 Å². The van der Waals surface area contributed by atoms with E-state index in [-0.39, 0.29) is 30.1 Å². The third-order valence-corrected chi connectivity index (χ3v) is 5.08. The Balaban J connectivity index is 0.00000243. The largest absolute Gasteiger partial charge is 0.489 e. The zero-order valence-electron chi connectivity index (χ0n) is 16.2. The number of nitrogens with zero attached hydrogens (tertiary/aromatic N) is 2. The van der Waals surface area contributed by atoms with Crippen molar-refractivity contribution in [3.8, 4) is 5.75 Å². The van der Waals surface area contributed by atoms with Crippen LogP contribution in [0.3, 0.4) is 0 Å². The molecule has 0 aromatic heterocycles. The Bertz CT molecular complexity index is 602. The molecule has 2 aliphatic rings. The molecule has 0 aliphatic carbocycles. The van der Waals surface area contributed by atoms with Crippen molar-refractivity contribution >= 4 is 29.9 Å². The molecule has 3 rings (SSSR count). The van der Waals surface area contributed by atoms with Gasteiger partial charge in [0.25, 0.3) is 0 Å². The smallest absolute Gasteiger partial charge is 0.194 e. The Morgan fingerprint density at radius 2 is 2.27 bits per heavy atom. The number of ether oxygens (including phenoxy) is 2. The number of hydrogen-bond acceptors (Lipinski definition) is 3. The summed E-state index contributed by atoms with van der Waals surface area (Å²) < 4.78 is 11.6. The van der Waals surface area contributed by atoms with E-state index in [9.17, 15) is 0 Å². The predicted octanol–water partition coefficient (Wildman–Crippen LogP) is 3.46. The topological polar surface area (TPSA) is 46.1 Å². The molecule has 2 aliphatic heterocycles. The van der Waals surface area contributed by atoms with Crippen LogP contribution in [-0.2, 0) is 4.74 Å². The zero-order chi connectivity index (χ0) is 17.7. The summed E-state index contributed by atoms with van der Waals surface area (Å²) in [6.07, 6.45) is 2.42. The number of halogens is 1. The summed E-state index contributed by atoms with van der Waals surface area (Å²) in [4.78, 5) is 7.22. The third-order valence-electron chi connectivity index (χ3n) is 5.08. The highest BCUT2D eigenvalue weighted by Gasteiger charge is 2.42. The molecule has 1 aromatic rings. The zero-order valence-corrected chi connectivity index (χ0v) is 18.5. The number of aryl methyl sites for hydroxylation is 1. The van der Waals surface area contributed by atoms with Crippen LogP contribution in [0.4, 0.5) is 0 Å². The van der Waals surface area contributed by atoms with Gasteiger partial charge >= 0.3 is 0 Å². The molecule has 2 saturated heterocycles. The first kappa shape index (κ1) is 21.3. The molecule has 0 saturated carbocycles. The molecule has 0 radical (unpaired) electrons. The lowest BCUT2D eigenvalue weighted by Crippen LogP contribution is -2.42. The fourth-order valence-electron chi connectivity index (χ4n) is 3.69. The second-order valence-electron chi connectivity index (χ2n) is 7.41. The van der Waals surface area contributed by atoms with E-state index in [1.165, 1.54) is 18.4 Å². The first-order valence-electron chi connectivity index (χ1n) is 9.44. The summed E-state index contributed by atoms with van der Waals surface area (Å²) in [6, 6.07) is 8.17. The van der Waals surface area contributed by atoms with Gasteiger partial charge in [0.2, 0.25) is 0 Å². The van der Waals surface area contributed by atoms with Crippen molar-refractivity contribution in [2.75, 3.05) is 39.4 Å². The molecule has 6 heteroatoms. The lowest BCUT2D eigenvalue weighted by molar-refractivity contribution is 0.156. The summed E-state index contributed by atoms with van der Waals surface area (Å²) >= 11 is 0. The Morgan fingerprint density at radius 3 is 2.96 bits per heavy atom. The average Bonchev–Trinajstić information content (AvgIpc) is 3.22. The van der Waals surface area contributed by atoms with Crippen LogP contribution < -0.4 is 10.1 Å². The van der Waals surface area contributed by atoms with Gasteiger partial charge in [0.15, 0.2) is 5.96 Å². The molecule has 1 spiro atoms. The molecule has 0 bridgehead atoms. The number of hydrogen-bond donors (Lipinski definition) is 1. The summed E-state index contributed by atoms with van der Waals surface area (Å²) in [5.74, 6) is 1.92. The molecule has 2 heterocycles. The Morgan fingerprint density at radius 1 is 1.42 bits per heavy atom. The van der Waals surface area contributed by atoms with Crippen molar-refractivity contribution in [3.05, 3.63) is 29.8 Å². The minimum Gasteiger partial charge on any atom is -0.489 e. The van der Waals surface area contributed by atoms with Gasteiger partial charge in [-0.1, -0.05) is 12.1 Å². The molecule has 2 unspecified atom stereocenters. The fraction of sp³-hybridized carbons (Fsp3) is 0.650. The van der Waals surface area contributed by atoms with Gasteiger partial charge in [-0.05, 0) is 51.3 Å². The summed E-state index contributed by atoms with van der Waals surface area (Å²) in [7, 11) is 0. The van der Waals surface area contributed by atoms with Crippen molar-refractivity contribution in [2.45, 2.75) is 39.7 Å². The second-order valence-corrected chi connectivity index (χ2v) is 7.41. The fourth-order valence-corrected chi connectivity index (χ4v) is 3.69. The maximum absolute atomic E-state index is 6.01. The molecule has 2 atom stereocenters. The van der Waals surface area contributed by atoms with Crippen LogP contribution >= 0.6 is 24.0 Å². The van der Waals surface area contributed by atoms with Crippen molar-refractivity contribution in [3.63, 3.8) is 0 Å². The monoisotopic (exact) mass is 473 g/mol. The van der Waals surface area contributed by atoms with Crippen molar-refractivity contribution < 1.29 is 9.47 Å². The van der Waals surface area contributed by atoms with E-state index in [2.05, 4.69) is 43.1 Å². The second kappa shape index (κ2) is 9.78. The first-order valence-corrected chi connectivity index (χ1v) is 9.44. The van der Waals surface area contributed by atoms with E-state index >= 15 is 0 Å². The van der Waals surface area contributed by atoms with E-state index in [1.54, 1.807) is 0 Å². The lowest BCUT2D eigenvalue weighted by Gasteiger charge is -2.25. The minimum atomic E-state index is 0. The van der Waals surface area contributed by atoms with E-state index in [0.717, 1.165) is 44.6 Å². The number of nitrogens with one attached hydrogen (secondary N) is 1. The normalized spacial score (nSPS) is 23.8. The number of likely N-dealkylation sites (tertiary alicyclic amines) is 1. The molecule has 2 fully saturated rings. The van der Waals surface area contributed by atoms with Gasteiger partial charge in [-0.3, -0.25) is 0 Å². The van der Waals surface area contributed by atoms with E-state index in [4.69, 9.17) is 14.5 Å². The van der Waals surface area contributed by atoms with E-state index in [1.807, 2.05) is 12.1 Å². The summed E-state index contributed by atoms with van der Waals surface area (Å²) in [5.41, 5.74) is 1.56. The SMILES string of the molecule is CCNC(=NCC(C)Oc1cccc(C)c1)N1CCC2(CCOC2)C1.I. The third kappa shape index (κ3) is 5.49. The van der Waals surface area contributed by atoms with E-state index in [0.29, 0.717) is 12.0 Å². The molecule has 146 valence electrons. The van der Waals surface area contributed by atoms with Gasteiger partial charge in [-0.2, -0.15) is 0 Å². The number of guanidine groups is 1. The van der Waals surface area contributed by atoms with Gasteiger partial charge in [-0.15, -0.1) is 24.0 Å². The number of benzene rings is 1. The van der Waals surface area contributed by atoms with Gasteiger partial charge in [0, 0.05) is 31.7 Å². The molecule has 26 heavy (non-hydrogen) atoms. The first-order chi connectivity index (χ1) is 12.1. The van der Waals surface area contributed by atoms with Crippen LogP contribution in [0.15, 0.2) is 29.3 Å². The van der Waals surface area contributed by atoms with Crippen LogP contribution in [0.1, 0.15) is 32.3 Å². The van der Waals surface area contributed by atoms with Gasteiger partial charge in [0.1, 0.15) is 11.9 Å². The van der Waals surface area contributed by atoms with Crippen molar-refractivity contribution in [1.29, 1.82) is 0 Å². The van der Waals surface area contributed by atoms with Gasteiger partial charge in [-0.25, -0.2) is 4.99 Å². The molecule has 5 nitrogen and oxygen atoms in total. The number of aliphatic imine (C=N–C) groups is 1. The number of rotatable bonds is 5. The highest BCUT2D eigenvalue weighted by Crippen LogP contribution is 2.38. The van der Waals surface area contributed by atoms with Gasteiger partial charge < -0.3 is 19.7 Å². The Hall–Kier alpha value is -1.02. The van der Waals surface area contributed by atoms with Crippen molar-refractivity contribution in [2.24, 2.45) is 10.4 Å². The van der Waals surface area contributed by atoms with Gasteiger partial charge in [0.05, 0.1) is 13.2 Å². The summed E-state index contributed by atoms with van der Waals surface area (Å²) in [6.45, 7) is 11.7. The molecular formula is C20H32IN3O2. The minimum absolute atomic E-state index is 0. The average molecular weight is 473 g/mol. The van der Waals surface area contributed by atoms with Crippen LogP contribution in [0.25, 0.3) is 0 Å². The maximum Gasteiger partial charge on any atom is 0.194 e. The highest BCUT2D eigenvalue weighted by atomic mass is 127. The highest BCUT2D eigenvalue weighted by molar-refractivity contribution is 14.0. The van der Waals surface area contributed by atoms with Crippen LogP contribution in [0.2, 0.25) is 0 Å². The molecular weight excluding hydrogens is 441 g/mol. The van der Waals surface area contributed by atoms with E-state index < -0.39 is 0 Å². The Labute approximate surface area is 174 Å². The van der Waals surface area contributed by atoms with Crippen molar-refractivity contribution in [1.82, 2.24) is 10.2 Å². The van der Waals surface area contributed by atoms with Crippen LogP contribution in [0, 0.1) is 12.3 Å². The quantitative estimate of drug-likeness (QED) is 0.404. The maximum atomic E-state index is 6.01. The Kier molecular flexibility index (Phi) is 8.01. The molecule has 1 aromatic carbocycles.